The molecule has 0 unspecified atom stereocenters. The smallest absolute Gasteiger partial charge is 0.406 e. The number of hydrogen-bond donors (Lipinski definition) is 1. The Hall–Kier alpha value is -3.18. The third-order valence-corrected chi connectivity index (χ3v) is 7.96. The molecule has 1 N–H and O–H groups in total. The minimum Gasteiger partial charge on any atom is -0.406 e. The van der Waals surface area contributed by atoms with Gasteiger partial charge in [0, 0.05) is 24.1 Å². The van der Waals surface area contributed by atoms with E-state index < -0.39 is 33.6 Å². The molecule has 0 saturated carbocycles. The molecule has 11 heteroatoms. The summed E-state index contributed by atoms with van der Waals surface area (Å²) in [5, 5.41) is 3.80. The number of nitrogens with one attached hydrogen (secondary N) is 1. The van der Waals surface area contributed by atoms with Gasteiger partial charge in [-0.15, -0.1) is 13.2 Å². The molecule has 0 radical (unpaired) electrons. The van der Waals surface area contributed by atoms with Crippen LogP contribution in [0.15, 0.2) is 52.9 Å². The quantitative estimate of drug-likeness (QED) is 0.618. The zero-order valence-corrected chi connectivity index (χ0v) is 20.6. The summed E-state index contributed by atoms with van der Waals surface area (Å²) >= 11 is 0. The van der Waals surface area contributed by atoms with Crippen LogP contribution in [0, 0.1) is 6.92 Å². The summed E-state index contributed by atoms with van der Waals surface area (Å²) < 4.78 is 68.7. The van der Waals surface area contributed by atoms with Crippen molar-refractivity contribution < 1.29 is 31.1 Å². The van der Waals surface area contributed by atoms with Crippen molar-refractivity contribution in [1.82, 2.24) is 9.62 Å². The van der Waals surface area contributed by atoms with Gasteiger partial charge in [0.25, 0.3) is 5.91 Å². The summed E-state index contributed by atoms with van der Waals surface area (Å²) in [6.07, 6.45) is -2.08. The minimum atomic E-state index is -4.84. The molecule has 7 nitrogen and oxygen atoms in total. The summed E-state index contributed by atoms with van der Waals surface area (Å²) in [6, 6.07) is 11.1. The fourth-order valence-electron chi connectivity index (χ4n) is 4.33. The summed E-state index contributed by atoms with van der Waals surface area (Å²) in [7, 11) is -3.72. The Kier molecular flexibility index (Phi) is 6.98. The predicted molar refractivity (Wildman–Crippen MR) is 130 cm³/mol. The van der Waals surface area contributed by atoms with Gasteiger partial charge < -0.3 is 10.1 Å². The normalized spacial score (nSPS) is 18.5. The van der Waals surface area contributed by atoms with Crippen LogP contribution < -0.4 is 10.1 Å². The lowest BCUT2D eigenvalue weighted by Gasteiger charge is -2.34. The Morgan fingerprint density at radius 3 is 2.53 bits per heavy atom. The number of amides is 1. The van der Waals surface area contributed by atoms with Crippen LogP contribution in [-0.4, -0.2) is 49.5 Å². The van der Waals surface area contributed by atoms with E-state index in [-0.39, 0.29) is 37.3 Å². The van der Waals surface area contributed by atoms with E-state index in [1.807, 2.05) is 25.1 Å². The van der Waals surface area contributed by atoms with Crippen LogP contribution in [-0.2, 0) is 21.2 Å². The number of aliphatic imine (C=N–C) groups is 1. The van der Waals surface area contributed by atoms with Gasteiger partial charge in [-0.1, -0.05) is 37.3 Å². The first-order chi connectivity index (χ1) is 16.9. The van der Waals surface area contributed by atoms with E-state index in [1.165, 1.54) is 27.4 Å². The van der Waals surface area contributed by atoms with Gasteiger partial charge >= 0.3 is 6.36 Å². The SMILES string of the molecule is CCc1ccc(/C=C/S(=O)(=O)N2CCC3(CC2)N=C(c2cccc(OC(F)(F)F)c2)NC3=O)c(C)c1. The van der Waals surface area contributed by atoms with Crippen molar-refractivity contribution in [2.45, 2.75) is 45.0 Å². The molecule has 1 saturated heterocycles. The lowest BCUT2D eigenvalue weighted by molar-refractivity contribution is -0.274. The van der Waals surface area contributed by atoms with Gasteiger partial charge in [-0.3, -0.25) is 9.79 Å². The van der Waals surface area contributed by atoms with Gasteiger partial charge in [0.2, 0.25) is 10.0 Å². The number of carbonyl (C=O) groups excluding carboxylic acids is 1. The lowest BCUT2D eigenvalue weighted by Crippen LogP contribution is -2.50. The molecule has 4 rings (SSSR count). The molecule has 2 aliphatic heterocycles. The van der Waals surface area contributed by atoms with E-state index in [2.05, 4.69) is 22.0 Å². The van der Waals surface area contributed by atoms with Crippen LogP contribution >= 0.6 is 0 Å². The predicted octanol–water partition coefficient (Wildman–Crippen LogP) is 4.17. The number of carbonyl (C=O) groups is 1. The Balaban J connectivity index is 1.46. The van der Waals surface area contributed by atoms with Crippen molar-refractivity contribution >= 4 is 27.8 Å². The molecule has 2 aliphatic rings. The largest absolute Gasteiger partial charge is 0.573 e. The minimum absolute atomic E-state index is 0.0852. The van der Waals surface area contributed by atoms with Crippen molar-refractivity contribution in [3.05, 3.63) is 70.1 Å². The Morgan fingerprint density at radius 2 is 1.89 bits per heavy atom. The zero-order valence-electron chi connectivity index (χ0n) is 19.8. The standard InChI is InChI=1S/C25H26F3N3O4S/c1-3-18-7-8-19(17(2)15-18)9-14-36(33,34)31-12-10-24(11-13-31)23(32)29-22(30-24)20-5-4-6-21(16-20)35-25(26,27)28/h4-9,14-16H,3,10-13H2,1-2H3,(H,29,30,32)/b14-9+. The second kappa shape index (κ2) is 9.70. The number of benzene rings is 2. The Bertz CT molecular complexity index is 1330. The first-order valence-corrected chi connectivity index (χ1v) is 13.0. The van der Waals surface area contributed by atoms with E-state index >= 15 is 0 Å². The molecule has 1 amide bonds. The highest BCUT2D eigenvalue weighted by molar-refractivity contribution is 7.92. The second-order valence-corrected chi connectivity index (χ2v) is 10.6. The summed E-state index contributed by atoms with van der Waals surface area (Å²) in [5.41, 5.74) is 2.06. The van der Waals surface area contributed by atoms with E-state index in [9.17, 15) is 26.4 Å². The molecule has 0 atom stereocenters. The maximum absolute atomic E-state index is 12.9. The number of halogens is 3. The van der Waals surface area contributed by atoms with Crippen LogP contribution in [0.4, 0.5) is 13.2 Å². The van der Waals surface area contributed by atoms with Gasteiger partial charge in [0.1, 0.15) is 17.1 Å². The first-order valence-electron chi connectivity index (χ1n) is 11.5. The molecular weight excluding hydrogens is 495 g/mol. The highest BCUT2D eigenvalue weighted by Gasteiger charge is 2.47. The Labute approximate surface area is 207 Å². The van der Waals surface area contributed by atoms with Crippen molar-refractivity contribution in [2.75, 3.05) is 13.1 Å². The number of sulfonamides is 1. The van der Waals surface area contributed by atoms with Crippen LogP contribution in [0.25, 0.3) is 6.08 Å². The van der Waals surface area contributed by atoms with Crippen LogP contribution in [0.3, 0.4) is 0 Å². The van der Waals surface area contributed by atoms with E-state index in [0.29, 0.717) is 0 Å². The lowest BCUT2D eigenvalue weighted by atomic mass is 9.89. The molecule has 0 aromatic heterocycles. The van der Waals surface area contributed by atoms with E-state index in [4.69, 9.17) is 0 Å². The molecule has 1 spiro atoms. The molecule has 2 aromatic rings. The number of amidine groups is 1. The number of nitrogens with zero attached hydrogens (tertiary/aromatic N) is 2. The van der Waals surface area contributed by atoms with Gasteiger partial charge in [-0.05, 0) is 61.1 Å². The number of ether oxygens (including phenoxy) is 1. The molecular formula is C25H26F3N3O4S. The first kappa shape index (κ1) is 25.9. The number of alkyl halides is 3. The van der Waals surface area contributed by atoms with Crippen LogP contribution in [0.2, 0.25) is 0 Å². The molecule has 2 heterocycles. The van der Waals surface area contributed by atoms with Gasteiger partial charge in [-0.25, -0.2) is 8.42 Å². The molecule has 0 bridgehead atoms. The summed E-state index contributed by atoms with van der Waals surface area (Å²) in [4.78, 5) is 17.3. The fraction of sp³-hybridized carbons (Fsp3) is 0.360. The van der Waals surface area contributed by atoms with Gasteiger partial charge in [0.05, 0.1) is 0 Å². The number of hydrogen-bond acceptors (Lipinski definition) is 5. The van der Waals surface area contributed by atoms with Crippen LogP contribution in [0.1, 0.15) is 42.0 Å². The maximum Gasteiger partial charge on any atom is 0.573 e. The highest BCUT2D eigenvalue weighted by atomic mass is 32.2. The number of piperidine rings is 1. The van der Waals surface area contributed by atoms with Crippen molar-refractivity contribution in [3.63, 3.8) is 0 Å². The Morgan fingerprint density at radius 1 is 1.17 bits per heavy atom. The zero-order chi connectivity index (χ0) is 26.1. The molecule has 36 heavy (non-hydrogen) atoms. The molecule has 1 fully saturated rings. The maximum atomic E-state index is 12.9. The van der Waals surface area contributed by atoms with Gasteiger partial charge in [0.15, 0.2) is 0 Å². The molecule has 192 valence electrons. The average Bonchev–Trinajstić information content (AvgIpc) is 3.13. The molecule has 2 aromatic carbocycles. The fourth-order valence-corrected chi connectivity index (χ4v) is 5.52. The van der Waals surface area contributed by atoms with Crippen LogP contribution in [0.5, 0.6) is 5.75 Å². The third kappa shape index (κ3) is 5.62. The van der Waals surface area contributed by atoms with Gasteiger partial charge in [-0.2, -0.15) is 4.31 Å². The van der Waals surface area contributed by atoms with Crippen molar-refractivity contribution in [1.29, 1.82) is 0 Å². The second-order valence-electron chi connectivity index (χ2n) is 8.81. The monoisotopic (exact) mass is 521 g/mol. The van der Waals surface area contributed by atoms with Crippen molar-refractivity contribution in [2.24, 2.45) is 4.99 Å². The topological polar surface area (TPSA) is 88.1 Å². The molecule has 0 aliphatic carbocycles. The van der Waals surface area contributed by atoms with E-state index in [1.54, 1.807) is 6.08 Å². The summed E-state index contributed by atoms with van der Waals surface area (Å²) in [6.45, 7) is 4.15. The average molecular weight is 522 g/mol. The third-order valence-electron chi connectivity index (χ3n) is 6.39. The summed E-state index contributed by atoms with van der Waals surface area (Å²) in [5.74, 6) is -0.695. The van der Waals surface area contributed by atoms with Crippen molar-refractivity contribution in [3.8, 4) is 5.75 Å². The highest BCUT2D eigenvalue weighted by Crippen LogP contribution is 2.33. The van der Waals surface area contributed by atoms with E-state index in [0.717, 1.165) is 29.7 Å². The number of aryl methyl sites for hydroxylation is 2. The number of rotatable bonds is 6.